The van der Waals surface area contributed by atoms with Crippen molar-refractivity contribution in [3.63, 3.8) is 0 Å². The number of aliphatic carboxylic acids is 1. The molecule has 0 unspecified atom stereocenters. The number of hydrogen-bond acceptors (Lipinski definition) is 6. The molecule has 0 aliphatic heterocycles. The fourth-order valence-corrected chi connectivity index (χ4v) is 0.983. The van der Waals surface area contributed by atoms with Gasteiger partial charge in [-0.15, -0.1) is 0 Å². The minimum absolute atomic E-state index is 0.274. The van der Waals surface area contributed by atoms with Crippen LogP contribution in [0.4, 0.5) is 0 Å². The summed E-state index contributed by atoms with van der Waals surface area (Å²) in [5.41, 5.74) is 0. The van der Waals surface area contributed by atoms with Crippen molar-refractivity contribution in [3.05, 3.63) is 0 Å². The van der Waals surface area contributed by atoms with E-state index in [1.165, 1.54) is 6.92 Å². The zero-order chi connectivity index (χ0) is 13.2. The van der Waals surface area contributed by atoms with Crippen LogP contribution in [0.25, 0.3) is 0 Å². The van der Waals surface area contributed by atoms with Crippen LogP contribution in [0.3, 0.4) is 0 Å². The van der Waals surface area contributed by atoms with Crippen LogP contribution in [0.15, 0.2) is 0 Å². The number of carboxylic acid groups (broad SMARTS) is 1. The first-order valence-corrected chi connectivity index (χ1v) is 5.92. The van der Waals surface area contributed by atoms with Gasteiger partial charge in [0.15, 0.2) is 0 Å². The first kappa shape index (κ1) is 17.2. The number of hydrogen-bond donors (Lipinski definition) is 2. The highest BCUT2D eigenvalue weighted by molar-refractivity contribution is 7.85. The maximum Gasteiger partial charge on any atom is 0.217 e. The number of quaternary nitrogens is 1. The predicted octanol–water partition coefficient (Wildman–Crippen LogP) is -4.40. The van der Waals surface area contributed by atoms with Crippen LogP contribution in [0.5, 0.6) is 0 Å². The van der Waals surface area contributed by atoms with Crippen LogP contribution < -0.4 is 15.7 Å². The lowest BCUT2D eigenvalue weighted by Gasteiger charge is -2.01. The van der Waals surface area contributed by atoms with Gasteiger partial charge in [0.1, 0.15) is 10.1 Å². The van der Waals surface area contributed by atoms with Gasteiger partial charge in [0.05, 0.1) is 31.9 Å². The van der Waals surface area contributed by atoms with Crippen LogP contribution in [0.2, 0.25) is 0 Å². The van der Waals surface area contributed by atoms with Gasteiger partial charge in [-0.1, -0.05) is 0 Å². The van der Waals surface area contributed by atoms with Crippen molar-refractivity contribution in [2.24, 2.45) is 0 Å². The van der Waals surface area contributed by atoms with Gasteiger partial charge in [-0.25, -0.2) is 8.42 Å². The molecule has 0 aromatic rings. The Hall–Kier alpha value is -1.19. The molecule has 9 heteroatoms. The minimum atomic E-state index is -3.97. The lowest BCUT2D eigenvalue weighted by atomic mass is 10.6. The molecule has 0 saturated heterocycles. The third kappa shape index (κ3) is 23.0. The number of carboxylic acids is 1. The average molecular weight is 255 g/mol. The highest BCUT2D eigenvalue weighted by atomic mass is 32.2. The number of carbonyl (C=O) groups is 2. The van der Waals surface area contributed by atoms with Crippen LogP contribution >= 0.6 is 0 Å². The second-order valence-electron chi connectivity index (χ2n) is 2.74. The van der Waals surface area contributed by atoms with E-state index < -0.39 is 22.6 Å². The number of nitrogens with one attached hydrogen (secondary N) is 1. The molecular weight excluding hydrogens is 240 g/mol. The number of nitrogens with two attached hydrogens (primary N) is 1. The van der Waals surface area contributed by atoms with Gasteiger partial charge in [-0.2, -0.15) is 0 Å². The fraction of sp³-hybridized carbons (Fsp3) is 0.714. The van der Waals surface area contributed by atoms with E-state index in [0.717, 1.165) is 0 Å². The molecule has 96 valence electrons. The van der Waals surface area contributed by atoms with E-state index in [-0.39, 0.29) is 11.7 Å². The van der Waals surface area contributed by atoms with Crippen LogP contribution in [0.1, 0.15) is 6.92 Å². The molecule has 0 aromatic carbocycles. The van der Waals surface area contributed by atoms with E-state index in [2.05, 4.69) is 0 Å². The second-order valence-corrected chi connectivity index (χ2v) is 4.26. The molecule has 0 heterocycles. The fourth-order valence-electron chi connectivity index (χ4n) is 0.459. The summed E-state index contributed by atoms with van der Waals surface area (Å²) in [6.45, 7) is 1.18. The van der Waals surface area contributed by atoms with Crippen molar-refractivity contribution in [2.45, 2.75) is 6.92 Å². The topological polar surface area (TPSA) is 143 Å². The molecule has 0 atom stereocenters. The van der Waals surface area contributed by atoms with Gasteiger partial charge in [-0.3, -0.25) is 4.79 Å². The Morgan fingerprint density at radius 2 is 1.88 bits per heavy atom. The Labute approximate surface area is 93.8 Å². The Balaban J connectivity index is 0. The van der Waals surface area contributed by atoms with Crippen molar-refractivity contribution in [3.8, 4) is 0 Å². The molecule has 0 aliphatic carbocycles. The largest absolute Gasteiger partial charge is 0.748 e. The van der Waals surface area contributed by atoms with Gasteiger partial charge in [-0.05, 0) is 0 Å². The maximum absolute atomic E-state index is 9.95. The molecule has 0 saturated carbocycles. The molecule has 1 amide bonds. The van der Waals surface area contributed by atoms with Gasteiger partial charge in [0.25, 0.3) is 0 Å². The Kier molecular flexibility index (Phi) is 9.75. The molecule has 8 nitrogen and oxygen atoms in total. The third-order valence-corrected chi connectivity index (χ3v) is 1.87. The average Bonchev–Trinajstić information content (AvgIpc) is 2.11. The molecule has 0 spiro atoms. The van der Waals surface area contributed by atoms with E-state index in [9.17, 15) is 27.7 Å². The molecule has 0 aromatic heterocycles. The van der Waals surface area contributed by atoms with Crippen molar-refractivity contribution in [2.75, 3.05) is 25.9 Å². The van der Waals surface area contributed by atoms with Gasteiger partial charge in [0, 0.05) is 6.92 Å². The quantitative estimate of drug-likeness (QED) is 0.475. The van der Waals surface area contributed by atoms with E-state index in [4.69, 9.17) is 0 Å². The summed E-state index contributed by atoms with van der Waals surface area (Å²) < 4.78 is 29.4. The van der Waals surface area contributed by atoms with E-state index in [0.29, 0.717) is 6.54 Å². The second kappa shape index (κ2) is 9.07. The van der Waals surface area contributed by atoms with Crippen molar-refractivity contribution in [1.29, 1.82) is 0 Å². The molecule has 0 bridgehead atoms. The first-order chi connectivity index (χ1) is 7.19. The third-order valence-electron chi connectivity index (χ3n) is 1.14. The standard InChI is InChI=1S/C4H7NO3.C3H9NO3S/c1-3(6)5-2-4(7)8;1-4-2-3-8(5,6)7/h2H2,1H3,(H,5,6)(H,7,8);4H,2-3H2,1H3,(H,5,6,7)/p-1. The number of carbonyl (C=O) groups excluding carboxylic acids is 2. The van der Waals surface area contributed by atoms with Crippen molar-refractivity contribution in [1.82, 2.24) is 5.32 Å². The van der Waals surface area contributed by atoms with Gasteiger partial charge >= 0.3 is 0 Å². The molecule has 0 radical (unpaired) electrons. The smallest absolute Gasteiger partial charge is 0.217 e. The molecular formula is C7H15N2O6S-. The summed E-state index contributed by atoms with van der Waals surface area (Å²) >= 11 is 0. The molecule has 3 N–H and O–H groups in total. The van der Waals surface area contributed by atoms with E-state index in [1.54, 1.807) is 12.4 Å². The van der Waals surface area contributed by atoms with Gasteiger partial charge < -0.3 is 25.1 Å². The lowest BCUT2D eigenvalue weighted by molar-refractivity contribution is -0.622. The van der Waals surface area contributed by atoms with E-state index in [1.807, 2.05) is 5.32 Å². The predicted molar refractivity (Wildman–Crippen MR) is 51.0 cm³/mol. The molecule has 16 heavy (non-hydrogen) atoms. The Bertz CT molecular complexity index is 299. The Morgan fingerprint density at radius 1 is 1.38 bits per heavy atom. The molecule has 0 rings (SSSR count). The zero-order valence-electron chi connectivity index (χ0n) is 9.06. The highest BCUT2D eigenvalue weighted by Crippen LogP contribution is 1.73. The highest BCUT2D eigenvalue weighted by Gasteiger charge is 1.92. The summed E-state index contributed by atoms with van der Waals surface area (Å²) in [5.74, 6) is -1.92. The lowest BCUT2D eigenvalue weighted by Crippen LogP contribution is -2.80. The summed E-state index contributed by atoms with van der Waals surface area (Å²) in [5, 5.41) is 13.3. The van der Waals surface area contributed by atoms with Crippen molar-refractivity contribution < 1.29 is 33.0 Å². The number of rotatable bonds is 5. The Morgan fingerprint density at radius 3 is 2.00 bits per heavy atom. The molecule has 0 fully saturated rings. The number of amides is 1. The maximum atomic E-state index is 9.95. The summed E-state index contributed by atoms with van der Waals surface area (Å²) in [7, 11) is -2.25. The summed E-state index contributed by atoms with van der Waals surface area (Å²) in [6.07, 6.45) is 0. The zero-order valence-corrected chi connectivity index (χ0v) is 9.87. The van der Waals surface area contributed by atoms with Gasteiger partial charge in [0.2, 0.25) is 5.91 Å². The first-order valence-electron chi connectivity index (χ1n) is 4.34. The summed E-state index contributed by atoms with van der Waals surface area (Å²) in [4.78, 5) is 19.5. The van der Waals surface area contributed by atoms with Crippen LogP contribution in [-0.2, 0) is 19.7 Å². The molecule has 0 aliphatic rings. The SMILES string of the molecule is CC(=O)NCC(=O)[O-].C[NH2+]CCS(=O)(=O)[O-]. The van der Waals surface area contributed by atoms with Crippen LogP contribution in [-0.4, -0.2) is 50.7 Å². The van der Waals surface area contributed by atoms with E-state index >= 15 is 0 Å². The van der Waals surface area contributed by atoms with Crippen molar-refractivity contribution >= 4 is 22.0 Å². The minimum Gasteiger partial charge on any atom is -0.748 e. The monoisotopic (exact) mass is 255 g/mol. The van der Waals surface area contributed by atoms with Crippen LogP contribution in [0, 0.1) is 0 Å². The summed E-state index contributed by atoms with van der Waals surface area (Å²) in [6, 6.07) is 0. The normalized spacial score (nSPS) is 9.94.